The van der Waals surface area contributed by atoms with Gasteiger partial charge in [-0.25, -0.2) is 17.2 Å². The Hall–Kier alpha value is -1.70. The predicted octanol–water partition coefficient (Wildman–Crippen LogP) is 2.88. The van der Waals surface area contributed by atoms with Gasteiger partial charge in [-0.1, -0.05) is 17.7 Å². The Morgan fingerprint density at radius 1 is 1.14 bits per heavy atom. The highest BCUT2D eigenvalue weighted by Crippen LogP contribution is 2.26. The SMILES string of the molecule is NCc1ccc(Cl)c(S(=O)(=O)Nc2cc(F)ccc2F)c1. The molecule has 4 nitrogen and oxygen atoms in total. The van der Waals surface area contributed by atoms with E-state index in [9.17, 15) is 17.2 Å². The Morgan fingerprint density at radius 3 is 2.52 bits per heavy atom. The highest BCUT2D eigenvalue weighted by molar-refractivity contribution is 7.92. The van der Waals surface area contributed by atoms with Crippen LogP contribution >= 0.6 is 11.6 Å². The molecule has 0 aliphatic rings. The van der Waals surface area contributed by atoms with Crippen molar-refractivity contribution in [3.8, 4) is 0 Å². The Bertz CT molecular complexity index is 782. The summed E-state index contributed by atoms with van der Waals surface area (Å²) < 4.78 is 53.0. The van der Waals surface area contributed by atoms with Crippen molar-refractivity contribution in [2.75, 3.05) is 4.72 Å². The average Bonchev–Trinajstić information content (AvgIpc) is 2.43. The van der Waals surface area contributed by atoms with E-state index in [0.29, 0.717) is 5.56 Å². The second-order valence-electron chi connectivity index (χ2n) is 4.20. The van der Waals surface area contributed by atoms with Crippen LogP contribution in [0.5, 0.6) is 0 Å². The van der Waals surface area contributed by atoms with Crippen LogP contribution in [0.25, 0.3) is 0 Å². The molecular weight excluding hydrogens is 322 g/mol. The molecule has 0 bridgehead atoms. The fourth-order valence-corrected chi connectivity index (χ4v) is 3.27. The summed E-state index contributed by atoms with van der Waals surface area (Å²) in [7, 11) is -4.16. The topological polar surface area (TPSA) is 72.2 Å². The lowest BCUT2D eigenvalue weighted by Gasteiger charge is -2.11. The van der Waals surface area contributed by atoms with E-state index in [0.717, 1.165) is 18.2 Å². The van der Waals surface area contributed by atoms with E-state index in [-0.39, 0.29) is 16.5 Å². The standard InChI is InChI=1S/C13H11ClF2N2O2S/c14-10-3-1-8(7-17)5-13(10)21(19,20)18-12-6-9(15)2-4-11(12)16/h1-6,18H,7,17H2. The van der Waals surface area contributed by atoms with E-state index >= 15 is 0 Å². The minimum absolute atomic E-state index is 0.0449. The molecule has 0 saturated heterocycles. The first kappa shape index (κ1) is 15.7. The molecule has 0 saturated carbocycles. The van der Waals surface area contributed by atoms with Gasteiger partial charge in [0.25, 0.3) is 10.0 Å². The lowest BCUT2D eigenvalue weighted by Crippen LogP contribution is -2.15. The Morgan fingerprint density at radius 2 is 1.86 bits per heavy atom. The number of nitrogens with one attached hydrogen (secondary N) is 1. The summed E-state index contributed by atoms with van der Waals surface area (Å²) in [5.74, 6) is -1.66. The number of halogens is 3. The van der Waals surface area contributed by atoms with Crippen molar-refractivity contribution in [2.45, 2.75) is 11.4 Å². The third-order valence-corrected chi connectivity index (χ3v) is 4.54. The molecule has 0 radical (unpaired) electrons. The fraction of sp³-hybridized carbons (Fsp3) is 0.0769. The zero-order chi connectivity index (χ0) is 15.6. The first-order valence-electron chi connectivity index (χ1n) is 5.80. The van der Waals surface area contributed by atoms with Crippen molar-refractivity contribution in [1.82, 2.24) is 0 Å². The molecule has 21 heavy (non-hydrogen) atoms. The van der Waals surface area contributed by atoms with Gasteiger partial charge in [-0.2, -0.15) is 0 Å². The third kappa shape index (κ3) is 3.49. The van der Waals surface area contributed by atoms with Crippen LogP contribution in [-0.4, -0.2) is 8.42 Å². The van der Waals surface area contributed by atoms with Gasteiger partial charge >= 0.3 is 0 Å². The lowest BCUT2D eigenvalue weighted by molar-refractivity contribution is 0.594. The van der Waals surface area contributed by atoms with E-state index in [1.165, 1.54) is 12.1 Å². The van der Waals surface area contributed by atoms with Gasteiger partial charge in [0.2, 0.25) is 0 Å². The summed E-state index contributed by atoms with van der Waals surface area (Å²) in [5, 5.41) is -0.0449. The van der Waals surface area contributed by atoms with E-state index < -0.39 is 27.3 Å². The van der Waals surface area contributed by atoms with Crippen LogP contribution in [0.15, 0.2) is 41.3 Å². The van der Waals surface area contributed by atoms with E-state index in [1.54, 1.807) is 6.07 Å². The van der Waals surface area contributed by atoms with Gasteiger partial charge in [-0.05, 0) is 29.8 Å². The number of nitrogens with two attached hydrogens (primary N) is 1. The lowest BCUT2D eigenvalue weighted by atomic mass is 10.2. The van der Waals surface area contributed by atoms with E-state index in [4.69, 9.17) is 17.3 Å². The van der Waals surface area contributed by atoms with Crippen LogP contribution in [-0.2, 0) is 16.6 Å². The minimum atomic E-state index is -4.16. The summed E-state index contributed by atoms with van der Waals surface area (Å²) in [6, 6.07) is 6.68. The third-order valence-electron chi connectivity index (χ3n) is 2.69. The molecule has 3 N–H and O–H groups in total. The quantitative estimate of drug-likeness (QED) is 0.904. The molecule has 0 unspecified atom stereocenters. The number of rotatable bonds is 4. The summed E-state index contributed by atoms with van der Waals surface area (Å²) in [5.41, 5.74) is 5.49. The Kier molecular flexibility index (Phi) is 4.46. The first-order valence-corrected chi connectivity index (χ1v) is 7.66. The van der Waals surface area contributed by atoms with Crippen molar-refractivity contribution in [3.63, 3.8) is 0 Å². The van der Waals surface area contributed by atoms with Crippen LogP contribution in [0, 0.1) is 11.6 Å². The number of anilines is 1. The normalized spacial score (nSPS) is 11.4. The summed E-state index contributed by atoms with van der Waals surface area (Å²) in [4.78, 5) is -0.254. The highest BCUT2D eigenvalue weighted by atomic mass is 35.5. The van der Waals surface area contributed by atoms with Gasteiger partial charge in [-0.15, -0.1) is 0 Å². The van der Waals surface area contributed by atoms with E-state index in [1.807, 2.05) is 4.72 Å². The van der Waals surface area contributed by atoms with Crippen LogP contribution in [0.1, 0.15) is 5.56 Å². The smallest absolute Gasteiger partial charge is 0.263 e. The van der Waals surface area contributed by atoms with Gasteiger partial charge in [0.15, 0.2) is 0 Å². The molecule has 0 aliphatic carbocycles. The van der Waals surface area contributed by atoms with Crippen molar-refractivity contribution >= 4 is 27.3 Å². The monoisotopic (exact) mass is 332 g/mol. The maximum absolute atomic E-state index is 13.5. The highest BCUT2D eigenvalue weighted by Gasteiger charge is 2.20. The Balaban J connectivity index is 2.45. The van der Waals surface area contributed by atoms with Crippen molar-refractivity contribution in [3.05, 3.63) is 58.6 Å². The number of hydrogen-bond acceptors (Lipinski definition) is 3. The second kappa shape index (κ2) is 5.97. The molecule has 0 atom stereocenters. The van der Waals surface area contributed by atoms with Gasteiger partial charge in [0.1, 0.15) is 16.5 Å². The second-order valence-corrected chi connectivity index (χ2v) is 6.26. The van der Waals surface area contributed by atoms with Crippen LogP contribution in [0.4, 0.5) is 14.5 Å². The molecule has 2 rings (SSSR count). The summed E-state index contributed by atoms with van der Waals surface area (Å²) in [6.07, 6.45) is 0. The van der Waals surface area contributed by atoms with Crippen molar-refractivity contribution < 1.29 is 17.2 Å². The van der Waals surface area contributed by atoms with Gasteiger partial charge in [0.05, 0.1) is 10.7 Å². The zero-order valence-electron chi connectivity index (χ0n) is 10.6. The summed E-state index contributed by atoms with van der Waals surface area (Å²) >= 11 is 5.85. The molecule has 0 aliphatic heterocycles. The fourth-order valence-electron chi connectivity index (χ4n) is 1.66. The molecular formula is C13H11ClF2N2O2S. The van der Waals surface area contributed by atoms with Crippen molar-refractivity contribution in [2.24, 2.45) is 5.73 Å². The molecule has 2 aromatic rings. The maximum atomic E-state index is 13.5. The largest absolute Gasteiger partial charge is 0.326 e. The summed E-state index contributed by atoms with van der Waals surface area (Å²) in [6.45, 7) is 0.119. The Labute approximate surface area is 125 Å². The maximum Gasteiger partial charge on any atom is 0.263 e. The van der Waals surface area contributed by atoms with Gasteiger partial charge < -0.3 is 5.73 Å². The minimum Gasteiger partial charge on any atom is -0.326 e. The van der Waals surface area contributed by atoms with Gasteiger partial charge in [0, 0.05) is 12.6 Å². The van der Waals surface area contributed by atoms with Crippen LogP contribution < -0.4 is 10.5 Å². The van der Waals surface area contributed by atoms with E-state index in [2.05, 4.69) is 0 Å². The predicted molar refractivity (Wildman–Crippen MR) is 76.5 cm³/mol. The molecule has 8 heteroatoms. The van der Waals surface area contributed by atoms with Crippen molar-refractivity contribution in [1.29, 1.82) is 0 Å². The zero-order valence-corrected chi connectivity index (χ0v) is 12.2. The molecule has 0 aromatic heterocycles. The molecule has 0 heterocycles. The molecule has 112 valence electrons. The molecule has 0 spiro atoms. The van der Waals surface area contributed by atoms with Crippen LogP contribution in [0.3, 0.4) is 0 Å². The molecule has 0 fully saturated rings. The first-order chi connectivity index (χ1) is 9.83. The average molecular weight is 333 g/mol. The number of benzene rings is 2. The molecule has 2 aromatic carbocycles. The van der Waals surface area contributed by atoms with Gasteiger partial charge in [-0.3, -0.25) is 4.72 Å². The molecule has 0 amide bonds. The van der Waals surface area contributed by atoms with Crippen LogP contribution in [0.2, 0.25) is 5.02 Å². The number of sulfonamides is 1. The number of hydrogen-bond donors (Lipinski definition) is 2.